The maximum Gasteiger partial charge on any atom is 0.451 e. The summed E-state index contributed by atoms with van der Waals surface area (Å²) in [5.41, 5.74) is 6.31. The quantitative estimate of drug-likeness (QED) is 0.338. The van der Waals surface area contributed by atoms with Crippen molar-refractivity contribution < 1.29 is 10.0 Å². The van der Waals surface area contributed by atoms with E-state index in [2.05, 4.69) is 24.1 Å². The number of hydrogen-bond acceptors (Lipinski definition) is 8. The minimum absolute atomic E-state index is 0.126. The lowest BCUT2D eigenvalue weighted by molar-refractivity contribution is 0.343. The SMILES string of the molecule is CC(C)N(c1c(N2C[C@H](CCCB(O)O)[C@@](C)(N)C2)c(=O)c1=O)C1CCNC1. The van der Waals surface area contributed by atoms with Crippen LogP contribution in [0.2, 0.25) is 6.32 Å². The molecule has 8 nitrogen and oxygen atoms in total. The lowest BCUT2D eigenvalue weighted by Gasteiger charge is -2.38. The summed E-state index contributed by atoms with van der Waals surface area (Å²) >= 11 is 0. The van der Waals surface area contributed by atoms with E-state index in [-0.39, 0.29) is 23.4 Å². The molecule has 5 N–H and O–H groups in total. The molecule has 2 saturated heterocycles. The first-order chi connectivity index (χ1) is 13.1. The third-order valence-electron chi connectivity index (χ3n) is 6.34. The van der Waals surface area contributed by atoms with Crippen molar-refractivity contribution in [1.29, 1.82) is 0 Å². The van der Waals surface area contributed by atoms with E-state index in [1.807, 2.05) is 11.8 Å². The average molecular weight is 392 g/mol. The van der Waals surface area contributed by atoms with Crippen LogP contribution in [0.25, 0.3) is 0 Å². The highest BCUT2D eigenvalue weighted by Gasteiger charge is 2.44. The second-order valence-corrected chi connectivity index (χ2v) is 9.00. The van der Waals surface area contributed by atoms with Crippen molar-refractivity contribution in [2.45, 2.75) is 64.0 Å². The molecule has 2 aliphatic heterocycles. The molecule has 3 rings (SSSR count). The Morgan fingerprint density at radius 2 is 2.07 bits per heavy atom. The summed E-state index contributed by atoms with van der Waals surface area (Å²) in [7, 11) is -1.30. The minimum Gasteiger partial charge on any atom is -0.427 e. The van der Waals surface area contributed by atoms with Gasteiger partial charge in [0.25, 0.3) is 10.9 Å². The van der Waals surface area contributed by atoms with Crippen LogP contribution in [0, 0.1) is 5.92 Å². The Kier molecular flexibility index (Phi) is 6.19. The average Bonchev–Trinajstić information content (AvgIpc) is 3.21. The van der Waals surface area contributed by atoms with Crippen LogP contribution in [0.5, 0.6) is 0 Å². The lowest BCUT2D eigenvalue weighted by atomic mass is 9.79. The van der Waals surface area contributed by atoms with Crippen LogP contribution in [-0.2, 0) is 0 Å². The van der Waals surface area contributed by atoms with Gasteiger partial charge in [-0.2, -0.15) is 0 Å². The van der Waals surface area contributed by atoms with Gasteiger partial charge >= 0.3 is 7.12 Å². The topological polar surface area (TPSA) is 119 Å². The van der Waals surface area contributed by atoms with Crippen molar-refractivity contribution in [2.24, 2.45) is 11.7 Å². The fourth-order valence-electron chi connectivity index (χ4n) is 4.86. The van der Waals surface area contributed by atoms with Crippen LogP contribution in [0.3, 0.4) is 0 Å². The molecule has 0 aromatic heterocycles. The Balaban J connectivity index is 1.82. The molecule has 1 unspecified atom stereocenters. The maximum absolute atomic E-state index is 12.5. The normalized spacial score (nSPS) is 27.9. The van der Waals surface area contributed by atoms with Crippen LogP contribution in [0.4, 0.5) is 11.4 Å². The first-order valence-electron chi connectivity index (χ1n) is 10.4. The van der Waals surface area contributed by atoms with Gasteiger partial charge in [0.2, 0.25) is 0 Å². The van der Waals surface area contributed by atoms with Gasteiger partial charge in [-0.3, -0.25) is 9.59 Å². The Hall–Kier alpha value is -1.42. The van der Waals surface area contributed by atoms with Crippen molar-refractivity contribution in [1.82, 2.24) is 5.32 Å². The van der Waals surface area contributed by atoms with E-state index in [0.29, 0.717) is 37.2 Å². The van der Waals surface area contributed by atoms with Gasteiger partial charge in [0.1, 0.15) is 11.4 Å². The summed E-state index contributed by atoms with van der Waals surface area (Å²) in [6.07, 6.45) is 2.69. The summed E-state index contributed by atoms with van der Waals surface area (Å²) in [5, 5.41) is 21.5. The predicted octanol–water partition coefficient (Wildman–Crippen LogP) is -0.734. The van der Waals surface area contributed by atoms with Crippen molar-refractivity contribution in [3.05, 3.63) is 20.4 Å². The van der Waals surface area contributed by atoms with Gasteiger partial charge in [-0.05, 0) is 52.4 Å². The van der Waals surface area contributed by atoms with Gasteiger partial charge in [-0.15, -0.1) is 0 Å². The first kappa shape index (κ1) is 21.3. The molecule has 1 aromatic carbocycles. The fraction of sp³-hybridized carbons (Fsp3) is 0.789. The summed E-state index contributed by atoms with van der Waals surface area (Å²) in [5.74, 6) is 0.129. The zero-order chi connectivity index (χ0) is 20.6. The molecule has 0 bridgehead atoms. The van der Waals surface area contributed by atoms with Crippen molar-refractivity contribution in [3.63, 3.8) is 0 Å². The lowest BCUT2D eigenvalue weighted by Crippen LogP contribution is -2.52. The van der Waals surface area contributed by atoms with E-state index in [1.165, 1.54) is 0 Å². The van der Waals surface area contributed by atoms with Crippen LogP contribution in [-0.4, -0.2) is 61.0 Å². The third kappa shape index (κ3) is 3.98. The van der Waals surface area contributed by atoms with E-state index in [9.17, 15) is 9.59 Å². The smallest absolute Gasteiger partial charge is 0.427 e. The largest absolute Gasteiger partial charge is 0.451 e. The number of hydrogen-bond donors (Lipinski definition) is 4. The second-order valence-electron chi connectivity index (χ2n) is 9.00. The van der Waals surface area contributed by atoms with Gasteiger partial charge in [0.05, 0.1) is 0 Å². The zero-order valence-corrected chi connectivity index (χ0v) is 17.1. The number of rotatable bonds is 8. The number of nitrogens with two attached hydrogens (primary N) is 1. The number of nitrogens with one attached hydrogen (secondary N) is 1. The number of nitrogens with zero attached hydrogens (tertiary/aromatic N) is 2. The molecule has 0 amide bonds. The second kappa shape index (κ2) is 8.14. The highest BCUT2D eigenvalue weighted by Crippen LogP contribution is 2.37. The predicted molar refractivity (Wildman–Crippen MR) is 113 cm³/mol. The molecular formula is C19H33BN4O4. The molecule has 0 spiro atoms. The van der Waals surface area contributed by atoms with Gasteiger partial charge in [-0.25, -0.2) is 0 Å². The molecule has 2 aliphatic rings. The fourth-order valence-corrected chi connectivity index (χ4v) is 4.86. The van der Waals surface area contributed by atoms with Crippen molar-refractivity contribution in [3.8, 4) is 0 Å². The van der Waals surface area contributed by atoms with Gasteiger partial charge in [-0.1, -0.05) is 6.42 Å². The van der Waals surface area contributed by atoms with Gasteiger partial charge < -0.3 is 30.9 Å². The summed E-state index contributed by atoms with van der Waals surface area (Å²) in [6.45, 7) is 8.95. The van der Waals surface area contributed by atoms with Crippen LogP contribution in [0.1, 0.15) is 40.0 Å². The summed E-state index contributed by atoms with van der Waals surface area (Å²) in [4.78, 5) is 29.2. The van der Waals surface area contributed by atoms with Crippen LogP contribution >= 0.6 is 0 Å². The molecule has 28 heavy (non-hydrogen) atoms. The number of anilines is 2. The van der Waals surface area contributed by atoms with Gasteiger partial charge in [0, 0.05) is 37.3 Å². The molecule has 1 aromatic rings. The molecule has 9 heteroatoms. The Morgan fingerprint density at radius 3 is 2.64 bits per heavy atom. The van der Waals surface area contributed by atoms with E-state index in [1.54, 1.807) is 0 Å². The molecule has 0 saturated carbocycles. The van der Waals surface area contributed by atoms with Gasteiger partial charge in [0.15, 0.2) is 0 Å². The maximum atomic E-state index is 12.5. The molecule has 2 fully saturated rings. The van der Waals surface area contributed by atoms with Crippen molar-refractivity contribution >= 4 is 18.5 Å². The minimum atomic E-state index is -1.30. The Bertz CT molecular complexity index is 754. The molecule has 3 atom stereocenters. The molecule has 2 heterocycles. The van der Waals surface area contributed by atoms with Crippen molar-refractivity contribution in [2.75, 3.05) is 36.0 Å². The molecular weight excluding hydrogens is 359 g/mol. The van der Waals surface area contributed by atoms with E-state index < -0.39 is 18.1 Å². The third-order valence-corrected chi connectivity index (χ3v) is 6.34. The molecule has 0 radical (unpaired) electrons. The Labute approximate surface area is 166 Å². The molecule has 0 aliphatic carbocycles. The van der Waals surface area contributed by atoms with E-state index in [0.717, 1.165) is 25.9 Å². The first-order valence-corrected chi connectivity index (χ1v) is 10.4. The zero-order valence-electron chi connectivity index (χ0n) is 17.1. The van der Waals surface area contributed by atoms with E-state index >= 15 is 0 Å². The van der Waals surface area contributed by atoms with E-state index in [4.69, 9.17) is 15.8 Å². The van der Waals surface area contributed by atoms with Crippen LogP contribution in [0.15, 0.2) is 9.59 Å². The Morgan fingerprint density at radius 1 is 1.36 bits per heavy atom. The highest BCUT2D eigenvalue weighted by atomic mass is 16.4. The highest BCUT2D eigenvalue weighted by molar-refractivity contribution is 6.40. The summed E-state index contributed by atoms with van der Waals surface area (Å²) in [6, 6.07) is 0.344. The monoisotopic (exact) mass is 392 g/mol. The molecule has 156 valence electrons. The van der Waals surface area contributed by atoms with Crippen LogP contribution < -0.4 is 31.7 Å². The standard InChI is InChI=1S/C19H33BN4O4/c1-12(2)24(14-6-8-22-9-14)16-15(17(25)18(16)26)23-10-13(19(3,21)11-23)5-4-7-20(27)28/h12-14,22,27-28H,4-11,21H2,1-3H3/t13-,14?,19-/m0/s1. The summed E-state index contributed by atoms with van der Waals surface area (Å²) < 4.78 is 0.